The highest BCUT2D eigenvalue weighted by molar-refractivity contribution is 9.10. The molecule has 3 N–H and O–H groups in total. The van der Waals surface area contributed by atoms with Crippen molar-refractivity contribution in [1.29, 1.82) is 0 Å². The summed E-state index contributed by atoms with van der Waals surface area (Å²) in [4.78, 5) is 18.3. The number of hydrogen-bond donors (Lipinski definition) is 2. The van der Waals surface area contributed by atoms with Gasteiger partial charge < -0.3 is 11.1 Å². The number of carbonyl (C=O) groups is 1. The highest BCUT2D eigenvalue weighted by Gasteiger charge is 2.00. The second-order valence-electron chi connectivity index (χ2n) is 3.69. The third-order valence-corrected chi connectivity index (χ3v) is 4.29. The van der Waals surface area contributed by atoms with Gasteiger partial charge in [-0.3, -0.25) is 4.79 Å². The predicted octanol–water partition coefficient (Wildman–Crippen LogP) is 4.54. The molecule has 2 heterocycles. The van der Waals surface area contributed by atoms with Crippen LogP contribution < -0.4 is 11.1 Å². The van der Waals surface area contributed by atoms with Gasteiger partial charge in [-0.2, -0.15) is 0 Å². The Morgan fingerprint density at radius 3 is 2.10 bits per heavy atom. The van der Waals surface area contributed by atoms with E-state index in [1.54, 1.807) is 18.3 Å². The number of nitrogens with zero attached hydrogens (tertiary/aromatic N) is 2. The van der Waals surface area contributed by atoms with Crippen molar-refractivity contribution < 1.29 is 4.79 Å². The summed E-state index contributed by atoms with van der Waals surface area (Å²) in [5.74, 6) is 0.722. The number of nitrogen functional groups attached to an aromatic ring is 1. The van der Waals surface area contributed by atoms with E-state index in [4.69, 9.17) is 28.9 Å². The minimum absolute atomic E-state index is 0.166. The molecule has 0 atom stereocenters. The van der Waals surface area contributed by atoms with Crippen LogP contribution in [-0.2, 0) is 4.79 Å². The monoisotopic (exact) mass is 454 g/mol. The number of aromatic nitrogens is 2. The van der Waals surface area contributed by atoms with Gasteiger partial charge in [0.2, 0.25) is 5.91 Å². The van der Waals surface area contributed by atoms with Gasteiger partial charge in [0.15, 0.2) is 0 Å². The van der Waals surface area contributed by atoms with Crippen LogP contribution in [0.15, 0.2) is 33.5 Å². The van der Waals surface area contributed by atoms with Crippen LogP contribution in [0, 0.1) is 0 Å². The highest BCUT2D eigenvalue weighted by Crippen LogP contribution is 2.23. The van der Waals surface area contributed by atoms with Gasteiger partial charge in [0.25, 0.3) is 0 Å². The summed E-state index contributed by atoms with van der Waals surface area (Å²) < 4.78 is 1.47. The minimum Gasteiger partial charge on any atom is -0.384 e. The first-order valence-corrected chi connectivity index (χ1v) is 7.79. The molecule has 0 saturated carbocycles. The molecule has 0 saturated heterocycles. The number of halogens is 4. The van der Waals surface area contributed by atoms with E-state index in [0.29, 0.717) is 26.2 Å². The van der Waals surface area contributed by atoms with Gasteiger partial charge in [-0.05, 0) is 31.9 Å². The number of anilines is 2. The van der Waals surface area contributed by atoms with Crippen LogP contribution in [0.3, 0.4) is 0 Å². The van der Waals surface area contributed by atoms with Crippen LogP contribution in [-0.4, -0.2) is 15.9 Å². The summed E-state index contributed by atoms with van der Waals surface area (Å²) in [6, 6.07) is 3.17. The molecular weight excluding hydrogens is 447 g/mol. The molecule has 0 aromatic carbocycles. The molecule has 9 heteroatoms. The zero-order valence-corrected chi connectivity index (χ0v) is 15.4. The zero-order chi connectivity index (χ0) is 16.0. The maximum absolute atomic E-state index is 10.6. The van der Waals surface area contributed by atoms with Crippen molar-refractivity contribution in [3.8, 4) is 0 Å². The normalized spacial score (nSPS) is 9.57. The van der Waals surface area contributed by atoms with Crippen molar-refractivity contribution >= 4 is 72.6 Å². The maximum atomic E-state index is 10.6. The fourth-order valence-electron chi connectivity index (χ4n) is 1.09. The molecule has 0 radical (unpaired) electrons. The fraction of sp³-hybridized carbons (Fsp3) is 0.0833. The molecule has 0 aliphatic rings. The summed E-state index contributed by atoms with van der Waals surface area (Å²) in [6.07, 6.45) is 3.10. The van der Waals surface area contributed by atoms with Crippen LogP contribution >= 0.6 is 55.1 Å². The Morgan fingerprint density at radius 2 is 1.67 bits per heavy atom. The Labute approximate surface area is 148 Å². The standard InChI is InChI=1S/C7H6BrClN2O.C5H4BrClN2/c1-4(12)11-7-2-6(9)5(8)3-10-7;6-3-2-9-5(8)1-4(3)7/h2-3H,1H3,(H,10,11,12);1-2H,(H2,8,9). The topological polar surface area (TPSA) is 80.9 Å². The van der Waals surface area contributed by atoms with Gasteiger partial charge in [-0.15, -0.1) is 0 Å². The summed E-state index contributed by atoms with van der Waals surface area (Å²) in [5, 5.41) is 3.63. The number of rotatable bonds is 1. The van der Waals surface area contributed by atoms with E-state index in [1.807, 2.05) is 0 Å². The second kappa shape index (κ2) is 8.53. The van der Waals surface area contributed by atoms with E-state index in [9.17, 15) is 4.79 Å². The summed E-state index contributed by atoms with van der Waals surface area (Å²) in [6.45, 7) is 1.41. The lowest BCUT2D eigenvalue weighted by Gasteiger charge is -2.01. The summed E-state index contributed by atoms with van der Waals surface area (Å²) in [7, 11) is 0. The fourth-order valence-corrected chi connectivity index (χ4v) is 1.84. The summed E-state index contributed by atoms with van der Waals surface area (Å²) >= 11 is 17.8. The number of carbonyl (C=O) groups excluding carboxylic acids is 1. The van der Waals surface area contributed by atoms with E-state index in [0.717, 1.165) is 4.47 Å². The van der Waals surface area contributed by atoms with E-state index in [1.165, 1.54) is 13.1 Å². The van der Waals surface area contributed by atoms with Crippen molar-refractivity contribution in [2.45, 2.75) is 6.92 Å². The third kappa shape index (κ3) is 6.60. The summed E-state index contributed by atoms with van der Waals surface area (Å²) in [5.41, 5.74) is 5.31. The van der Waals surface area contributed by atoms with Crippen molar-refractivity contribution in [3.05, 3.63) is 43.5 Å². The van der Waals surface area contributed by atoms with Crippen molar-refractivity contribution in [3.63, 3.8) is 0 Å². The minimum atomic E-state index is -0.166. The zero-order valence-electron chi connectivity index (χ0n) is 10.7. The van der Waals surface area contributed by atoms with Gasteiger partial charge in [-0.1, -0.05) is 23.2 Å². The number of amides is 1. The molecule has 112 valence electrons. The lowest BCUT2D eigenvalue weighted by atomic mass is 10.4. The van der Waals surface area contributed by atoms with Gasteiger partial charge in [0, 0.05) is 31.5 Å². The molecule has 2 rings (SSSR count). The predicted molar refractivity (Wildman–Crippen MR) is 92.6 cm³/mol. The van der Waals surface area contributed by atoms with E-state index in [2.05, 4.69) is 47.1 Å². The maximum Gasteiger partial charge on any atom is 0.222 e. The number of hydrogen-bond acceptors (Lipinski definition) is 4. The average Bonchev–Trinajstić information content (AvgIpc) is 2.39. The molecule has 1 amide bonds. The molecule has 0 spiro atoms. The van der Waals surface area contributed by atoms with Crippen LogP contribution in [0.25, 0.3) is 0 Å². The Kier molecular flexibility index (Phi) is 7.37. The lowest BCUT2D eigenvalue weighted by Crippen LogP contribution is -2.06. The lowest BCUT2D eigenvalue weighted by molar-refractivity contribution is -0.114. The van der Waals surface area contributed by atoms with Crippen LogP contribution in [0.4, 0.5) is 11.6 Å². The van der Waals surface area contributed by atoms with E-state index in [-0.39, 0.29) is 5.91 Å². The molecule has 0 aliphatic carbocycles. The molecule has 21 heavy (non-hydrogen) atoms. The van der Waals surface area contributed by atoms with Crippen molar-refractivity contribution in [2.75, 3.05) is 11.1 Å². The number of pyridine rings is 2. The van der Waals surface area contributed by atoms with Gasteiger partial charge in [0.05, 0.1) is 19.0 Å². The second-order valence-corrected chi connectivity index (χ2v) is 6.21. The molecule has 5 nitrogen and oxygen atoms in total. The van der Waals surface area contributed by atoms with Crippen LogP contribution in [0.5, 0.6) is 0 Å². The molecular formula is C12H10Br2Cl2N4O. The van der Waals surface area contributed by atoms with Crippen molar-refractivity contribution in [1.82, 2.24) is 9.97 Å². The average molecular weight is 457 g/mol. The Bertz CT molecular complexity index is 655. The highest BCUT2D eigenvalue weighted by atomic mass is 79.9. The molecule has 0 bridgehead atoms. The Morgan fingerprint density at radius 1 is 1.14 bits per heavy atom. The molecule has 0 aliphatic heterocycles. The first kappa shape index (κ1) is 18.2. The van der Waals surface area contributed by atoms with Gasteiger partial charge in [-0.25, -0.2) is 9.97 Å². The molecule has 2 aromatic rings. The third-order valence-electron chi connectivity index (χ3n) is 1.94. The van der Waals surface area contributed by atoms with Crippen LogP contribution in [0.2, 0.25) is 10.0 Å². The largest absolute Gasteiger partial charge is 0.384 e. The number of nitrogens with one attached hydrogen (secondary N) is 1. The molecule has 0 fully saturated rings. The van der Waals surface area contributed by atoms with E-state index >= 15 is 0 Å². The van der Waals surface area contributed by atoms with E-state index < -0.39 is 0 Å². The van der Waals surface area contributed by atoms with Gasteiger partial charge >= 0.3 is 0 Å². The first-order chi connectivity index (χ1) is 9.79. The van der Waals surface area contributed by atoms with Crippen molar-refractivity contribution in [2.24, 2.45) is 0 Å². The Balaban J connectivity index is 0.000000219. The van der Waals surface area contributed by atoms with Crippen LogP contribution in [0.1, 0.15) is 6.92 Å². The molecule has 0 unspecified atom stereocenters. The van der Waals surface area contributed by atoms with Gasteiger partial charge in [0.1, 0.15) is 11.6 Å². The quantitative estimate of drug-likeness (QED) is 0.660. The Hall–Kier alpha value is -0.890. The first-order valence-electron chi connectivity index (χ1n) is 5.44. The molecule has 2 aromatic heterocycles. The SMILES string of the molecule is CC(=O)Nc1cc(Cl)c(Br)cn1.Nc1cc(Cl)c(Br)cn1. The number of nitrogens with two attached hydrogens (primary N) is 1. The smallest absolute Gasteiger partial charge is 0.222 e.